The highest BCUT2D eigenvalue weighted by Gasteiger charge is 2.33. The van der Waals surface area contributed by atoms with Crippen LogP contribution in [0, 0.1) is 5.92 Å². The largest absolute Gasteiger partial charge is 0.352 e. The van der Waals surface area contributed by atoms with Gasteiger partial charge in [0, 0.05) is 26.1 Å². The van der Waals surface area contributed by atoms with E-state index < -0.39 is 0 Å². The molecule has 3 rings (SSSR count). The van der Waals surface area contributed by atoms with Crippen molar-refractivity contribution >= 4 is 11.8 Å². The summed E-state index contributed by atoms with van der Waals surface area (Å²) >= 11 is 0. The Kier molecular flexibility index (Phi) is 4.88. The molecule has 1 unspecified atom stereocenters. The fraction of sp³-hybridized carbons (Fsp3) is 0.412. The van der Waals surface area contributed by atoms with Gasteiger partial charge in [-0.1, -0.05) is 24.3 Å². The molecule has 126 valence electrons. The van der Waals surface area contributed by atoms with Crippen molar-refractivity contribution in [1.29, 1.82) is 0 Å². The highest BCUT2D eigenvalue weighted by molar-refractivity contribution is 5.89. The number of aromatic nitrogens is 3. The molecule has 1 fully saturated rings. The second kappa shape index (κ2) is 7.25. The lowest BCUT2D eigenvalue weighted by Crippen LogP contribution is -2.32. The number of amides is 2. The van der Waals surface area contributed by atoms with E-state index >= 15 is 0 Å². The van der Waals surface area contributed by atoms with Crippen LogP contribution in [-0.2, 0) is 22.7 Å². The molecular weight excluding hydrogens is 306 g/mol. The zero-order valence-electron chi connectivity index (χ0n) is 13.7. The number of carbonyl (C=O) groups is 2. The van der Waals surface area contributed by atoms with Crippen molar-refractivity contribution in [2.24, 2.45) is 5.92 Å². The summed E-state index contributed by atoms with van der Waals surface area (Å²) in [4.78, 5) is 29.8. The fourth-order valence-electron chi connectivity index (χ4n) is 2.95. The minimum Gasteiger partial charge on any atom is -0.352 e. The first-order valence-corrected chi connectivity index (χ1v) is 8.12. The Morgan fingerprint density at radius 3 is 2.79 bits per heavy atom. The van der Waals surface area contributed by atoms with E-state index in [0.29, 0.717) is 32.6 Å². The first kappa shape index (κ1) is 16.2. The molecule has 2 amide bonds. The lowest BCUT2D eigenvalue weighted by atomic mass is 10.1. The first-order chi connectivity index (χ1) is 11.7. The summed E-state index contributed by atoms with van der Waals surface area (Å²) in [7, 11) is 0. The van der Waals surface area contributed by atoms with Crippen molar-refractivity contribution in [2.75, 3.05) is 13.1 Å². The van der Waals surface area contributed by atoms with E-state index in [-0.39, 0.29) is 17.7 Å². The number of nitrogens with one attached hydrogen (secondary N) is 1. The maximum atomic E-state index is 12.3. The van der Waals surface area contributed by atoms with Crippen LogP contribution < -0.4 is 5.32 Å². The maximum absolute atomic E-state index is 12.3. The van der Waals surface area contributed by atoms with E-state index in [2.05, 4.69) is 15.4 Å². The van der Waals surface area contributed by atoms with Gasteiger partial charge in [0.1, 0.15) is 12.7 Å². The Morgan fingerprint density at radius 1 is 1.33 bits per heavy atom. The van der Waals surface area contributed by atoms with Crippen LogP contribution in [-0.4, -0.2) is 44.6 Å². The van der Waals surface area contributed by atoms with Gasteiger partial charge in [0.05, 0.1) is 12.5 Å². The van der Waals surface area contributed by atoms with E-state index in [1.807, 2.05) is 31.2 Å². The first-order valence-electron chi connectivity index (χ1n) is 8.12. The van der Waals surface area contributed by atoms with E-state index in [9.17, 15) is 9.59 Å². The second-order valence-electron chi connectivity index (χ2n) is 5.91. The molecule has 0 radical (unpaired) electrons. The third-order valence-electron chi connectivity index (χ3n) is 4.34. The summed E-state index contributed by atoms with van der Waals surface area (Å²) in [5.41, 5.74) is 2.12. The molecule has 1 aromatic carbocycles. The van der Waals surface area contributed by atoms with Gasteiger partial charge >= 0.3 is 0 Å². The summed E-state index contributed by atoms with van der Waals surface area (Å²) in [5, 5.41) is 7.08. The van der Waals surface area contributed by atoms with E-state index in [1.165, 1.54) is 6.33 Å². The van der Waals surface area contributed by atoms with E-state index in [1.54, 1.807) is 15.9 Å². The average molecular weight is 327 g/mol. The van der Waals surface area contributed by atoms with Crippen LogP contribution in [0.15, 0.2) is 36.9 Å². The minimum atomic E-state index is -0.250. The molecule has 1 aromatic heterocycles. The standard InChI is InChI=1S/C17H21N5O2/c1-2-21-9-15(7-16(21)23)17(24)19-8-13-5-3-4-6-14(13)10-22-12-18-11-20-22/h3-6,11-12,15H,2,7-10H2,1H3,(H,19,24). The van der Waals surface area contributed by atoms with Gasteiger partial charge in [0.15, 0.2) is 0 Å². The van der Waals surface area contributed by atoms with Gasteiger partial charge < -0.3 is 10.2 Å². The number of hydrogen-bond donors (Lipinski definition) is 1. The highest BCUT2D eigenvalue weighted by Crippen LogP contribution is 2.18. The second-order valence-corrected chi connectivity index (χ2v) is 5.91. The van der Waals surface area contributed by atoms with Crippen molar-refractivity contribution in [3.05, 3.63) is 48.0 Å². The predicted octanol–water partition coefficient (Wildman–Crippen LogP) is 0.811. The number of rotatable bonds is 6. The average Bonchev–Trinajstić information content (AvgIpc) is 3.23. The molecule has 24 heavy (non-hydrogen) atoms. The molecule has 1 atom stereocenters. The molecular formula is C17H21N5O2. The van der Waals surface area contributed by atoms with Gasteiger partial charge in [0.25, 0.3) is 0 Å². The van der Waals surface area contributed by atoms with Gasteiger partial charge in [-0.15, -0.1) is 0 Å². The summed E-state index contributed by atoms with van der Waals surface area (Å²) in [6, 6.07) is 7.92. The molecule has 7 heteroatoms. The lowest BCUT2D eigenvalue weighted by molar-refractivity contribution is -0.128. The fourth-order valence-corrected chi connectivity index (χ4v) is 2.95. The van der Waals surface area contributed by atoms with Crippen LogP contribution in [0.4, 0.5) is 0 Å². The smallest absolute Gasteiger partial charge is 0.225 e. The SMILES string of the molecule is CCN1CC(C(=O)NCc2ccccc2Cn2cncn2)CC1=O. The van der Waals surface area contributed by atoms with E-state index in [0.717, 1.165) is 11.1 Å². The van der Waals surface area contributed by atoms with Crippen molar-refractivity contribution < 1.29 is 9.59 Å². The topological polar surface area (TPSA) is 80.1 Å². The van der Waals surface area contributed by atoms with Gasteiger partial charge in [0.2, 0.25) is 11.8 Å². The van der Waals surface area contributed by atoms with Crippen LogP contribution in [0.2, 0.25) is 0 Å². The highest BCUT2D eigenvalue weighted by atomic mass is 16.2. The van der Waals surface area contributed by atoms with Crippen LogP contribution in [0.5, 0.6) is 0 Å². The van der Waals surface area contributed by atoms with Gasteiger partial charge in [-0.05, 0) is 18.1 Å². The molecule has 2 aromatic rings. The lowest BCUT2D eigenvalue weighted by Gasteiger charge is -2.15. The number of nitrogens with zero attached hydrogens (tertiary/aromatic N) is 4. The van der Waals surface area contributed by atoms with Crippen LogP contribution in [0.25, 0.3) is 0 Å². The zero-order valence-corrected chi connectivity index (χ0v) is 13.7. The molecule has 0 bridgehead atoms. The normalized spacial score (nSPS) is 17.3. The molecule has 1 saturated heterocycles. The number of likely N-dealkylation sites (tertiary alicyclic amines) is 1. The summed E-state index contributed by atoms with van der Waals surface area (Å²) in [6.45, 7) is 4.15. The number of benzene rings is 1. The monoisotopic (exact) mass is 327 g/mol. The third-order valence-corrected chi connectivity index (χ3v) is 4.34. The Hall–Kier alpha value is -2.70. The molecule has 1 aliphatic heterocycles. The number of hydrogen-bond acceptors (Lipinski definition) is 4. The van der Waals surface area contributed by atoms with Crippen LogP contribution in [0.3, 0.4) is 0 Å². The van der Waals surface area contributed by atoms with E-state index in [4.69, 9.17) is 0 Å². The van der Waals surface area contributed by atoms with Gasteiger partial charge in [-0.25, -0.2) is 9.67 Å². The predicted molar refractivity (Wildman–Crippen MR) is 87.8 cm³/mol. The molecule has 1 N–H and O–H groups in total. The Bertz CT molecular complexity index is 714. The maximum Gasteiger partial charge on any atom is 0.225 e. The minimum absolute atomic E-state index is 0.0595. The summed E-state index contributed by atoms with van der Waals surface area (Å²) < 4.78 is 1.75. The Balaban J connectivity index is 1.60. The molecule has 7 nitrogen and oxygen atoms in total. The molecule has 2 heterocycles. The van der Waals surface area contributed by atoms with Crippen molar-refractivity contribution in [2.45, 2.75) is 26.4 Å². The Labute approximate surface area is 140 Å². The molecule has 0 spiro atoms. The van der Waals surface area contributed by atoms with Crippen LogP contribution >= 0.6 is 0 Å². The van der Waals surface area contributed by atoms with Crippen LogP contribution in [0.1, 0.15) is 24.5 Å². The third kappa shape index (κ3) is 3.61. The summed E-state index contributed by atoms with van der Waals surface area (Å²) in [5.74, 6) is -0.251. The zero-order chi connectivity index (χ0) is 16.9. The van der Waals surface area contributed by atoms with Crippen molar-refractivity contribution in [1.82, 2.24) is 25.0 Å². The van der Waals surface area contributed by atoms with Crippen molar-refractivity contribution in [3.63, 3.8) is 0 Å². The number of carbonyl (C=O) groups excluding carboxylic acids is 2. The summed E-state index contributed by atoms with van der Waals surface area (Å²) in [6.07, 6.45) is 3.47. The quantitative estimate of drug-likeness (QED) is 0.851. The van der Waals surface area contributed by atoms with Gasteiger partial charge in [-0.3, -0.25) is 9.59 Å². The van der Waals surface area contributed by atoms with Gasteiger partial charge in [-0.2, -0.15) is 5.10 Å². The van der Waals surface area contributed by atoms with Crippen molar-refractivity contribution in [3.8, 4) is 0 Å². The molecule has 0 saturated carbocycles. The molecule has 1 aliphatic rings. The Morgan fingerprint density at radius 2 is 2.12 bits per heavy atom. The molecule has 0 aliphatic carbocycles.